The van der Waals surface area contributed by atoms with Gasteiger partial charge in [0.15, 0.2) is 5.78 Å². The van der Waals surface area contributed by atoms with Crippen molar-refractivity contribution in [2.45, 2.75) is 105 Å². The lowest BCUT2D eigenvalue weighted by atomic mass is 9.76. The zero-order valence-electron chi connectivity index (χ0n) is 17.9. The summed E-state index contributed by atoms with van der Waals surface area (Å²) >= 11 is 0. The maximum atomic E-state index is 13.1. The predicted molar refractivity (Wildman–Crippen MR) is 107 cm³/mol. The Morgan fingerprint density at radius 1 is 0.960 bits per heavy atom. The Hall–Kier alpha value is -0.900. The van der Waals surface area contributed by atoms with Crippen LogP contribution in [-0.2, 0) is 9.59 Å². The van der Waals surface area contributed by atoms with Crippen molar-refractivity contribution in [2.24, 2.45) is 11.3 Å². The van der Waals surface area contributed by atoms with E-state index < -0.39 is 0 Å². The molecular weight excluding hydrogens is 312 g/mol. The van der Waals surface area contributed by atoms with Gasteiger partial charge in [0.25, 0.3) is 0 Å². The first-order valence-corrected chi connectivity index (χ1v) is 10.0. The molecule has 0 spiro atoms. The summed E-state index contributed by atoms with van der Waals surface area (Å²) in [4.78, 5) is 24.7. The molecule has 0 bridgehead atoms. The molecule has 4 heteroatoms. The van der Waals surface area contributed by atoms with Crippen LogP contribution in [-0.4, -0.2) is 29.8 Å². The molecule has 0 fully saturated rings. The van der Waals surface area contributed by atoms with E-state index in [2.05, 4.69) is 52.2 Å². The molecule has 0 aromatic rings. The van der Waals surface area contributed by atoms with E-state index in [1.54, 1.807) is 0 Å². The molecule has 0 unspecified atom stereocenters. The fourth-order valence-electron chi connectivity index (χ4n) is 2.95. The van der Waals surface area contributed by atoms with E-state index in [1.807, 2.05) is 13.8 Å². The largest absolute Gasteiger partial charge is 0.356 e. The van der Waals surface area contributed by atoms with Gasteiger partial charge in [-0.2, -0.15) is 0 Å². The van der Waals surface area contributed by atoms with Gasteiger partial charge in [0, 0.05) is 23.9 Å². The molecule has 25 heavy (non-hydrogen) atoms. The van der Waals surface area contributed by atoms with Crippen LogP contribution < -0.4 is 10.6 Å². The van der Waals surface area contributed by atoms with Crippen molar-refractivity contribution in [2.75, 3.05) is 6.54 Å². The number of Topliss-reactive ketones (excluding diaryl/α,β-unsaturated/α-hetero) is 1. The molecule has 0 radical (unpaired) electrons. The highest BCUT2D eigenvalue weighted by Gasteiger charge is 2.35. The third-order valence-corrected chi connectivity index (χ3v) is 4.91. The van der Waals surface area contributed by atoms with Crippen LogP contribution >= 0.6 is 0 Å². The van der Waals surface area contributed by atoms with Crippen molar-refractivity contribution in [1.82, 2.24) is 10.6 Å². The van der Waals surface area contributed by atoms with Gasteiger partial charge >= 0.3 is 0 Å². The minimum absolute atomic E-state index is 0.0891. The Morgan fingerprint density at radius 2 is 1.52 bits per heavy atom. The Morgan fingerprint density at radius 3 is 1.96 bits per heavy atom. The van der Waals surface area contributed by atoms with Crippen molar-refractivity contribution in [3.8, 4) is 0 Å². The van der Waals surface area contributed by atoms with Gasteiger partial charge in [-0.15, -0.1) is 0 Å². The summed E-state index contributed by atoms with van der Waals surface area (Å²) in [5.41, 5.74) is -0.345. The summed E-state index contributed by atoms with van der Waals surface area (Å²) in [6, 6.07) is -0.115. The number of hydrogen-bond donors (Lipinski definition) is 2. The first kappa shape index (κ1) is 24.1. The minimum atomic E-state index is -0.256. The molecule has 0 aromatic heterocycles. The molecule has 0 heterocycles. The second-order valence-electron chi connectivity index (χ2n) is 9.02. The van der Waals surface area contributed by atoms with Crippen LogP contribution in [0.5, 0.6) is 0 Å². The molecule has 4 nitrogen and oxygen atoms in total. The summed E-state index contributed by atoms with van der Waals surface area (Å²) in [7, 11) is 0. The molecule has 0 rings (SSSR count). The van der Waals surface area contributed by atoms with Gasteiger partial charge in [-0.05, 0) is 58.8 Å². The lowest BCUT2D eigenvalue weighted by Gasteiger charge is -2.34. The topological polar surface area (TPSA) is 58.2 Å². The average molecular weight is 355 g/mol. The number of rotatable bonds is 12. The van der Waals surface area contributed by atoms with Gasteiger partial charge in [0.05, 0.1) is 6.04 Å². The molecule has 1 amide bonds. The van der Waals surface area contributed by atoms with Crippen LogP contribution in [0.4, 0.5) is 0 Å². The highest BCUT2D eigenvalue weighted by atomic mass is 16.1. The van der Waals surface area contributed by atoms with Gasteiger partial charge < -0.3 is 10.6 Å². The molecule has 1 atom stereocenters. The first-order chi connectivity index (χ1) is 11.4. The number of nitrogens with one attached hydrogen (secondary N) is 2. The summed E-state index contributed by atoms with van der Waals surface area (Å²) in [6.07, 6.45) is 5.00. The monoisotopic (exact) mass is 354 g/mol. The minimum Gasteiger partial charge on any atom is -0.356 e. The summed E-state index contributed by atoms with van der Waals surface area (Å²) in [6.45, 7) is 17.4. The number of ketones is 1. The molecule has 0 saturated heterocycles. The molecule has 0 aliphatic rings. The van der Waals surface area contributed by atoms with Crippen LogP contribution in [0.25, 0.3) is 0 Å². The lowest BCUT2D eigenvalue weighted by Crippen LogP contribution is -2.51. The standard InChI is InChI=1S/C21H42N2O2/c1-9-21(8,10-2)19(25)17(23-20(5,6)7)13-11-12-14-22-18(24)15-16(3)4/h16-17,23H,9-15H2,1-8H3,(H,22,24)/t17-/m1/s1. The third kappa shape index (κ3) is 9.98. The highest BCUT2D eigenvalue weighted by Crippen LogP contribution is 2.29. The van der Waals surface area contributed by atoms with E-state index in [-0.39, 0.29) is 22.9 Å². The van der Waals surface area contributed by atoms with Gasteiger partial charge in [0.1, 0.15) is 0 Å². The average Bonchev–Trinajstić information content (AvgIpc) is 2.50. The van der Waals surface area contributed by atoms with Gasteiger partial charge in [-0.3, -0.25) is 9.59 Å². The van der Waals surface area contributed by atoms with Crippen molar-refractivity contribution < 1.29 is 9.59 Å². The molecule has 148 valence electrons. The van der Waals surface area contributed by atoms with E-state index in [9.17, 15) is 9.59 Å². The predicted octanol–water partition coefficient (Wildman–Crippen LogP) is 4.47. The van der Waals surface area contributed by atoms with Crippen LogP contribution in [0.15, 0.2) is 0 Å². The van der Waals surface area contributed by atoms with E-state index in [0.717, 1.165) is 32.1 Å². The second kappa shape index (κ2) is 10.9. The normalized spacial score (nSPS) is 13.8. The Labute approximate surface area is 155 Å². The summed E-state index contributed by atoms with van der Waals surface area (Å²) < 4.78 is 0. The smallest absolute Gasteiger partial charge is 0.220 e. The third-order valence-electron chi connectivity index (χ3n) is 4.91. The van der Waals surface area contributed by atoms with Crippen LogP contribution in [0.1, 0.15) is 93.9 Å². The van der Waals surface area contributed by atoms with Crippen molar-refractivity contribution in [3.05, 3.63) is 0 Å². The second-order valence-corrected chi connectivity index (χ2v) is 9.02. The van der Waals surface area contributed by atoms with E-state index >= 15 is 0 Å². The fraction of sp³-hybridized carbons (Fsp3) is 0.905. The van der Waals surface area contributed by atoms with Crippen molar-refractivity contribution in [3.63, 3.8) is 0 Å². The highest BCUT2D eigenvalue weighted by molar-refractivity contribution is 5.89. The lowest BCUT2D eigenvalue weighted by molar-refractivity contribution is -0.131. The van der Waals surface area contributed by atoms with Gasteiger partial charge in [0.2, 0.25) is 5.91 Å². The zero-order chi connectivity index (χ0) is 19.7. The molecule has 0 aliphatic heterocycles. The maximum absolute atomic E-state index is 13.1. The van der Waals surface area contributed by atoms with Crippen LogP contribution in [0.3, 0.4) is 0 Å². The molecule has 0 saturated carbocycles. The number of carbonyl (C=O) groups is 2. The number of unbranched alkanes of at least 4 members (excludes halogenated alkanes) is 1. The number of amides is 1. The Balaban J connectivity index is 4.57. The summed E-state index contributed by atoms with van der Waals surface area (Å²) in [5.74, 6) is 0.843. The molecule has 0 aliphatic carbocycles. The molecule has 0 aromatic carbocycles. The Kier molecular flexibility index (Phi) is 10.6. The van der Waals surface area contributed by atoms with E-state index in [1.165, 1.54) is 0 Å². The number of hydrogen-bond acceptors (Lipinski definition) is 3. The molecular formula is C21H42N2O2. The fourth-order valence-corrected chi connectivity index (χ4v) is 2.95. The van der Waals surface area contributed by atoms with Crippen molar-refractivity contribution >= 4 is 11.7 Å². The van der Waals surface area contributed by atoms with Gasteiger partial charge in [-0.25, -0.2) is 0 Å². The Bertz CT molecular complexity index is 407. The summed E-state index contributed by atoms with van der Waals surface area (Å²) in [5, 5.41) is 6.49. The SMILES string of the molecule is CCC(C)(CC)C(=O)[C@@H](CCCCNC(=O)CC(C)C)NC(C)(C)C. The first-order valence-electron chi connectivity index (χ1n) is 10.0. The van der Waals surface area contributed by atoms with Crippen LogP contribution in [0.2, 0.25) is 0 Å². The van der Waals surface area contributed by atoms with E-state index in [4.69, 9.17) is 0 Å². The van der Waals surface area contributed by atoms with Crippen LogP contribution in [0, 0.1) is 11.3 Å². The zero-order valence-corrected chi connectivity index (χ0v) is 17.9. The number of carbonyl (C=O) groups excluding carboxylic acids is 2. The van der Waals surface area contributed by atoms with Crippen molar-refractivity contribution in [1.29, 1.82) is 0 Å². The van der Waals surface area contributed by atoms with E-state index in [0.29, 0.717) is 24.7 Å². The maximum Gasteiger partial charge on any atom is 0.220 e. The van der Waals surface area contributed by atoms with Gasteiger partial charge in [-0.1, -0.05) is 34.6 Å². The quantitative estimate of drug-likeness (QED) is 0.508. The molecule has 2 N–H and O–H groups in total.